The minimum atomic E-state index is -0.995. The Morgan fingerprint density at radius 3 is 2.90 bits per heavy atom. The smallest absolute Gasteiger partial charge is 0.318 e. The lowest BCUT2D eigenvalue weighted by Gasteiger charge is -2.41. The van der Waals surface area contributed by atoms with Crippen LogP contribution in [0.4, 0.5) is 14.6 Å². The fourth-order valence-corrected chi connectivity index (χ4v) is 8.57. The molecule has 3 aliphatic heterocycles. The number of rotatable bonds is 9. The molecular weight excluding hydrogens is 664 g/mol. The number of likely N-dealkylation sites (tertiary alicyclic amines) is 1. The highest BCUT2D eigenvalue weighted by Gasteiger charge is 2.43. The van der Waals surface area contributed by atoms with Crippen LogP contribution in [0.25, 0.3) is 0 Å². The lowest BCUT2D eigenvalue weighted by molar-refractivity contribution is -0.117. The molecule has 52 heavy (non-hydrogen) atoms. The van der Waals surface area contributed by atoms with Gasteiger partial charge in [0, 0.05) is 75.7 Å². The molecule has 3 aromatic rings. The maximum absolute atomic E-state index is 15.0. The van der Waals surface area contributed by atoms with Crippen molar-refractivity contribution in [2.45, 2.75) is 94.9 Å². The molecule has 2 fully saturated rings. The van der Waals surface area contributed by atoms with Gasteiger partial charge in [0.25, 0.3) is 0 Å². The standard InChI is InChI=1S/C40H47F2N7O3/c1-4-31-33(42)12-11-27-17-30(50)18-35(37(27)31)47-16-13-32-34(24-47)45-39(46-38(32)48-15-7-6-10-29(23-48)44-36(51)5-2)52-25-40(3)19-28(41)22-49(40)21-26-9-8-14-43-20-26/h1,5,8-9,11-12,14,20,28-30,35,50H,2,6-7,10,13,15-19,21-25H2,3H3,(H,44,51)/t28-,29?,30+,35-,40+/m1/s1. The van der Waals surface area contributed by atoms with E-state index >= 15 is 8.78 Å². The Kier molecular flexibility index (Phi) is 10.6. The van der Waals surface area contributed by atoms with Crippen molar-refractivity contribution in [2.24, 2.45) is 0 Å². The van der Waals surface area contributed by atoms with E-state index in [1.807, 2.05) is 19.1 Å². The third-order valence-corrected chi connectivity index (χ3v) is 11.2. The molecule has 274 valence electrons. The number of nitrogens with one attached hydrogen (secondary N) is 1. The van der Waals surface area contributed by atoms with E-state index in [-0.39, 0.29) is 36.2 Å². The van der Waals surface area contributed by atoms with Gasteiger partial charge in [-0.2, -0.15) is 9.97 Å². The van der Waals surface area contributed by atoms with Crippen LogP contribution < -0.4 is 15.0 Å². The van der Waals surface area contributed by atoms with Crippen molar-refractivity contribution in [2.75, 3.05) is 37.7 Å². The summed E-state index contributed by atoms with van der Waals surface area (Å²) >= 11 is 0. The quantitative estimate of drug-likeness (QED) is 0.246. The first-order valence-electron chi connectivity index (χ1n) is 18.3. The Bertz CT molecular complexity index is 1840. The van der Waals surface area contributed by atoms with Crippen molar-refractivity contribution >= 4 is 11.7 Å². The van der Waals surface area contributed by atoms with E-state index in [4.69, 9.17) is 21.1 Å². The molecule has 2 saturated heterocycles. The maximum atomic E-state index is 15.0. The highest BCUT2D eigenvalue weighted by molar-refractivity contribution is 5.87. The molecular formula is C40H47F2N7O3. The van der Waals surface area contributed by atoms with Crippen LogP contribution in [0.2, 0.25) is 0 Å². The summed E-state index contributed by atoms with van der Waals surface area (Å²) in [6.07, 6.45) is 13.6. The Balaban J connectivity index is 1.21. The fourth-order valence-electron chi connectivity index (χ4n) is 8.57. The number of amides is 1. The zero-order chi connectivity index (χ0) is 36.4. The van der Waals surface area contributed by atoms with E-state index in [0.29, 0.717) is 58.4 Å². The molecule has 0 spiro atoms. The molecule has 1 unspecified atom stereocenters. The third kappa shape index (κ3) is 7.54. The molecule has 0 saturated carbocycles. The van der Waals surface area contributed by atoms with E-state index in [1.165, 1.54) is 12.1 Å². The molecule has 5 atom stereocenters. The van der Waals surface area contributed by atoms with Crippen LogP contribution >= 0.6 is 0 Å². The van der Waals surface area contributed by atoms with Gasteiger partial charge in [0.1, 0.15) is 24.4 Å². The van der Waals surface area contributed by atoms with Gasteiger partial charge in [-0.15, -0.1) is 6.42 Å². The second-order valence-electron chi connectivity index (χ2n) is 14.9. The molecule has 2 aromatic heterocycles. The number of benzene rings is 1. The molecule has 5 heterocycles. The summed E-state index contributed by atoms with van der Waals surface area (Å²) in [5, 5.41) is 14.0. The van der Waals surface area contributed by atoms with Gasteiger partial charge >= 0.3 is 6.01 Å². The number of aromatic nitrogens is 3. The highest BCUT2D eigenvalue weighted by Crippen LogP contribution is 2.41. The number of alkyl halides is 1. The van der Waals surface area contributed by atoms with Crippen LogP contribution in [0, 0.1) is 18.2 Å². The number of anilines is 1. The summed E-state index contributed by atoms with van der Waals surface area (Å²) in [7, 11) is 0. The summed E-state index contributed by atoms with van der Waals surface area (Å²) in [5.41, 5.74) is 4.05. The fraction of sp³-hybridized carbons (Fsp3) is 0.500. The molecule has 7 rings (SSSR count). The molecule has 0 radical (unpaired) electrons. The molecule has 0 bridgehead atoms. The Hall–Kier alpha value is -4.44. The van der Waals surface area contributed by atoms with Crippen LogP contribution in [-0.2, 0) is 30.7 Å². The van der Waals surface area contributed by atoms with Gasteiger partial charge in [0.15, 0.2) is 0 Å². The highest BCUT2D eigenvalue weighted by atomic mass is 19.1. The van der Waals surface area contributed by atoms with Crippen molar-refractivity contribution in [3.63, 3.8) is 0 Å². The van der Waals surface area contributed by atoms with Gasteiger partial charge in [-0.1, -0.05) is 24.6 Å². The van der Waals surface area contributed by atoms with Gasteiger partial charge in [0.2, 0.25) is 5.91 Å². The number of nitrogens with zero attached hydrogens (tertiary/aromatic N) is 6. The van der Waals surface area contributed by atoms with Gasteiger partial charge in [0.05, 0.1) is 22.9 Å². The summed E-state index contributed by atoms with van der Waals surface area (Å²) in [6.45, 7) is 9.02. The van der Waals surface area contributed by atoms with Crippen LogP contribution in [0.5, 0.6) is 6.01 Å². The zero-order valence-corrected chi connectivity index (χ0v) is 29.7. The van der Waals surface area contributed by atoms with E-state index in [9.17, 15) is 9.90 Å². The minimum Gasteiger partial charge on any atom is -0.461 e. The van der Waals surface area contributed by atoms with Crippen molar-refractivity contribution in [1.29, 1.82) is 0 Å². The Morgan fingerprint density at radius 2 is 2.12 bits per heavy atom. The van der Waals surface area contributed by atoms with Gasteiger partial charge in [-0.3, -0.25) is 19.6 Å². The van der Waals surface area contributed by atoms with E-state index in [2.05, 4.69) is 37.5 Å². The number of terminal acetylenes is 1. The Morgan fingerprint density at radius 1 is 1.25 bits per heavy atom. The van der Waals surface area contributed by atoms with Crippen molar-refractivity contribution in [3.05, 3.63) is 88.6 Å². The number of carbonyl (C=O) groups excluding carboxylic acids is 1. The zero-order valence-electron chi connectivity index (χ0n) is 29.7. The van der Waals surface area contributed by atoms with Gasteiger partial charge in [-0.25, -0.2) is 8.78 Å². The van der Waals surface area contributed by atoms with E-state index in [1.54, 1.807) is 18.5 Å². The molecule has 12 heteroatoms. The topological polar surface area (TPSA) is 107 Å². The predicted molar refractivity (Wildman–Crippen MR) is 194 cm³/mol. The summed E-state index contributed by atoms with van der Waals surface area (Å²) in [5.74, 6) is 2.70. The maximum Gasteiger partial charge on any atom is 0.318 e. The largest absolute Gasteiger partial charge is 0.461 e. The molecule has 4 aliphatic rings. The SMILES string of the molecule is C#Cc1c(F)ccc2c1[C@H](N1CCc3c(nc(OC[C@]4(C)C[C@@H](F)CN4Cc4cccnc4)nc3N3CCCCC(NC(=O)C=C)C3)C1)C[C@@H](O)C2. The number of ether oxygens (including phenoxy) is 1. The molecule has 1 amide bonds. The number of hydrogen-bond acceptors (Lipinski definition) is 9. The normalized spacial score (nSPS) is 26.5. The van der Waals surface area contributed by atoms with Crippen LogP contribution in [0.15, 0.2) is 49.3 Å². The van der Waals surface area contributed by atoms with Crippen molar-refractivity contribution in [3.8, 4) is 18.4 Å². The van der Waals surface area contributed by atoms with Crippen LogP contribution in [0.3, 0.4) is 0 Å². The number of aliphatic hydroxyl groups excluding tert-OH is 1. The summed E-state index contributed by atoms with van der Waals surface area (Å²) in [4.78, 5) is 33.1. The van der Waals surface area contributed by atoms with Gasteiger partial charge in [-0.05, 0) is 80.3 Å². The third-order valence-electron chi connectivity index (χ3n) is 11.2. The van der Waals surface area contributed by atoms with Crippen LogP contribution in [0.1, 0.15) is 78.6 Å². The van der Waals surface area contributed by atoms with E-state index in [0.717, 1.165) is 59.6 Å². The summed E-state index contributed by atoms with van der Waals surface area (Å²) < 4.78 is 36.5. The molecule has 10 nitrogen and oxygen atoms in total. The first-order chi connectivity index (χ1) is 25.1. The molecule has 1 aliphatic carbocycles. The number of aliphatic hydroxyl groups is 1. The number of fused-ring (bicyclic) bond motifs is 2. The summed E-state index contributed by atoms with van der Waals surface area (Å²) in [6, 6.07) is 6.81. The molecule has 1 aromatic carbocycles. The average molecular weight is 712 g/mol. The number of pyridine rings is 1. The first-order valence-corrected chi connectivity index (χ1v) is 18.3. The number of carbonyl (C=O) groups is 1. The van der Waals surface area contributed by atoms with Crippen LogP contribution in [-0.4, -0.2) is 92.4 Å². The van der Waals surface area contributed by atoms with E-state index < -0.39 is 23.6 Å². The Labute approximate surface area is 304 Å². The number of hydrogen-bond donors (Lipinski definition) is 2. The lowest BCUT2D eigenvalue weighted by atomic mass is 9.81. The monoisotopic (exact) mass is 711 g/mol. The average Bonchev–Trinajstić information content (AvgIpc) is 3.26. The predicted octanol–water partition coefficient (Wildman–Crippen LogP) is 4.44. The molecule has 2 N–H and O–H groups in total. The van der Waals surface area contributed by atoms with Crippen molar-refractivity contribution < 1.29 is 23.4 Å². The second-order valence-corrected chi connectivity index (χ2v) is 14.9. The first kappa shape index (κ1) is 35.9. The van der Waals surface area contributed by atoms with Gasteiger partial charge < -0.3 is 20.1 Å². The second kappa shape index (κ2) is 15.3. The lowest BCUT2D eigenvalue weighted by Crippen LogP contribution is -2.46. The van der Waals surface area contributed by atoms with Crippen molar-refractivity contribution in [1.82, 2.24) is 30.1 Å². The number of halogens is 2. The minimum absolute atomic E-state index is 0.0831.